The second kappa shape index (κ2) is 6.68. The normalized spacial score (nSPS) is 22.6. The molecule has 144 valence electrons. The number of nitrogens with one attached hydrogen (secondary N) is 1. The summed E-state index contributed by atoms with van der Waals surface area (Å²) in [6, 6.07) is 5.60. The van der Waals surface area contributed by atoms with Gasteiger partial charge in [-0.25, -0.2) is 9.97 Å². The van der Waals surface area contributed by atoms with E-state index in [-0.39, 0.29) is 34.2 Å². The standard InChI is InChI=1S/C20H25ClN4O2/c1-11-8-13(6-7-14(11)22)27-17-19(2,3)16(20(17,4)5)25-15(26)12-9-23-18(21)24-10-12/h6-10,16-17H,22H2,1-5H3,(H,25,26). The van der Waals surface area contributed by atoms with Crippen molar-refractivity contribution in [3.63, 3.8) is 0 Å². The highest BCUT2D eigenvalue weighted by molar-refractivity contribution is 6.28. The summed E-state index contributed by atoms with van der Waals surface area (Å²) in [7, 11) is 0. The molecule has 27 heavy (non-hydrogen) atoms. The van der Waals surface area contributed by atoms with Crippen LogP contribution < -0.4 is 15.8 Å². The Labute approximate surface area is 164 Å². The molecule has 0 unspecified atom stereocenters. The van der Waals surface area contributed by atoms with Gasteiger partial charge in [-0.05, 0) is 42.3 Å². The van der Waals surface area contributed by atoms with Gasteiger partial charge in [0, 0.05) is 35.0 Å². The molecule has 7 heteroatoms. The second-order valence-corrected chi connectivity index (χ2v) is 8.64. The largest absolute Gasteiger partial charge is 0.489 e. The zero-order valence-corrected chi connectivity index (χ0v) is 17.0. The van der Waals surface area contributed by atoms with E-state index in [0.29, 0.717) is 5.56 Å². The number of rotatable bonds is 4. The van der Waals surface area contributed by atoms with Gasteiger partial charge in [0.05, 0.1) is 5.56 Å². The van der Waals surface area contributed by atoms with Gasteiger partial charge in [-0.1, -0.05) is 27.7 Å². The maximum atomic E-state index is 12.6. The Morgan fingerprint density at radius 1 is 1.19 bits per heavy atom. The molecule has 0 spiro atoms. The molecule has 0 saturated heterocycles. The van der Waals surface area contributed by atoms with Crippen LogP contribution in [-0.4, -0.2) is 28.0 Å². The summed E-state index contributed by atoms with van der Waals surface area (Å²) in [4.78, 5) is 20.3. The molecule has 2 aromatic rings. The first-order valence-electron chi connectivity index (χ1n) is 8.84. The lowest BCUT2D eigenvalue weighted by Gasteiger charge is -2.63. The molecule has 1 aromatic heterocycles. The van der Waals surface area contributed by atoms with Gasteiger partial charge in [-0.3, -0.25) is 4.79 Å². The van der Waals surface area contributed by atoms with E-state index in [1.807, 2.05) is 25.1 Å². The average Bonchev–Trinajstić information content (AvgIpc) is 2.60. The first-order valence-corrected chi connectivity index (χ1v) is 9.22. The van der Waals surface area contributed by atoms with Crippen molar-refractivity contribution < 1.29 is 9.53 Å². The number of nitrogens with two attached hydrogens (primary N) is 1. The number of aromatic nitrogens is 2. The monoisotopic (exact) mass is 388 g/mol. The number of carbonyl (C=O) groups is 1. The number of carbonyl (C=O) groups excluding carboxylic acids is 1. The number of nitrogen functional groups attached to an aromatic ring is 1. The molecule has 0 bridgehead atoms. The summed E-state index contributed by atoms with van der Waals surface area (Å²) >= 11 is 5.69. The number of hydrogen-bond acceptors (Lipinski definition) is 5. The zero-order valence-electron chi connectivity index (χ0n) is 16.2. The summed E-state index contributed by atoms with van der Waals surface area (Å²) in [6.07, 6.45) is 2.78. The van der Waals surface area contributed by atoms with Crippen molar-refractivity contribution >= 4 is 23.2 Å². The number of aryl methyl sites for hydroxylation is 1. The van der Waals surface area contributed by atoms with Crippen LogP contribution in [0.2, 0.25) is 5.28 Å². The maximum absolute atomic E-state index is 12.6. The Hall–Kier alpha value is -2.34. The van der Waals surface area contributed by atoms with E-state index in [9.17, 15) is 4.79 Å². The van der Waals surface area contributed by atoms with E-state index in [2.05, 4.69) is 43.0 Å². The predicted octanol–water partition coefficient (Wildman–Crippen LogP) is 3.63. The number of ether oxygens (including phenoxy) is 1. The first kappa shape index (κ1) is 19.4. The lowest BCUT2D eigenvalue weighted by molar-refractivity contribution is -0.164. The third kappa shape index (κ3) is 3.46. The van der Waals surface area contributed by atoms with Crippen molar-refractivity contribution in [1.82, 2.24) is 15.3 Å². The minimum atomic E-state index is -0.262. The van der Waals surface area contributed by atoms with E-state index >= 15 is 0 Å². The topological polar surface area (TPSA) is 90.1 Å². The fourth-order valence-corrected chi connectivity index (χ4v) is 4.40. The van der Waals surface area contributed by atoms with Crippen LogP contribution in [0.3, 0.4) is 0 Å². The third-order valence-electron chi connectivity index (χ3n) is 5.49. The van der Waals surface area contributed by atoms with E-state index in [1.54, 1.807) is 0 Å². The molecule has 1 saturated carbocycles. The number of anilines is 1. The summed E-state index contributed by atoms with van der Waals surface area (Å²) < 4.78 is 6.30. The highest BCUT2D eigenvalue weighted by Gasteiger charge is 2.64. The SMILES string of the molecule is Cc1cc(OC2C(C)(C)C(NC(=O)c3cnc(Cl)nc3)C2(C)C)ccc1N. The Balaban J connectivity index is 1.76. The lowest BCUT2D eigenvalue weighted by Crippen LogP contribution is -2.74. The minimum absolute atomic E-state index is 0.0696. The summed E-state index contributed by atoms with van der Waals surface area (Å²) in [5, 5.41) is 3.22. The molecule has 1 aliphatic rings. The van der Waals surface area contributed by atoms with Gasteiger partial charge >= 0.3 is 0 Å². The molecule has 0 atom stereocenters. The minimum Gasteiger partial charge on any atom is -0.489 e. The van der Waals surface area contributed by atoms with Crippen LogP contribution in [0, 0.1) is 17.8 Å². The molecule has 1 amide bonds. The summed E-state index contributed by atoms with van der Waals surface area (Å²) in [6.45, 7) is 10.3. The van der Waals surface area contributed by atoms with E-state index in [0.717, 1.165) is 17.0 Å². The lowest BCUT2D eigenvalue weighted by atomic mass is 9.49. The van der Waals surface area contributed by atoms with Crippen molar-refractivity contribution in [2.75, 3.05) is 5.73 Å². The highest BCUT2D eigenvalue weighted by atomic mass is 35.5. The molecule has 1 aliphatic carbocycles. The third-order valence-corrected chi connectivity index (χ3v) is 5.69. The fourth-order valence-electron chi connectivity index (χ4n) is 4.30. The van der Waals surface area contributed by atoms with E-state index in [4.69, 9.17) is 22.1 Å². The van der Waals surface area contributed by atoms with Crippen LogP contribution in [-0.2, 0) is 0 Å². The quantitative estimate of drug-likeness (QED) is 0.616. The van der Waals surface area contributed by atoms with Crippen LogP contribution in [0.1, 0.15) is 43.6 Å². The van der Waals surface area contributed by atoms with Gasteiger partial charge in [0.2, 0.25) is 5.28 Å². The van der Waals surface area contributed by atoms with Crippen molar-refractivity contribution in [3.05, 3.63) is 47.0 Å². The molecule has 1 heterocycles. The van der Waals surface area contributed by atoms with Crippen LogP contribution in [0.15, 0.2) is 30.6 Å². The summed E-state index contributed by atoms with van der Waals surface area (Å²) in [5.41, 5.74) is 7.47. The zero-order chi connectivity index (χ0) is 20.0. The average molecular weight is 389 g/mol. The van der Waals surface area contributed by atoms with Crippen molar-refractivity contribution in [2.24, 2.45) is 10.8 Å². The molecule has 1 aromatic carbocycles. The molecule has 1 fully saturated rings. The number of halogens is 1. The van der Waals surface area contributed by atoms with Crippen molar-refractivity contribution in [1.29, 1.82) is 0 Å². The molecule has 0 aliphatic heterocycles. The summed E-state index contributed by atoms with van der Waals surface area (Å²) in [5.74, 6) is 0.559. The van der Waals surface area contributed by atoms with Gasteiger partial charge in [0.15, 0.2) is 0 Å². The molecular formula is C20H25ClN4O2. The van der Waals surface area contributed by atoms with Crippen molar-refractivity contribution in [2.45, 2.75) is 46.8 Å². The Morgan fingerprint density at radius 3 is 2.33 bits per heavy atom. The Morgan fingerprint density at radius 2 is 1.78 bits per heavy atom. The Kier molecular flexibility index (Phi) is 4.80. The first-order chi connectivity index (χ1) is 12.5. The Bertz CT molecular complexity index is 849. The molecule has 3 N–H and O–H groups in total. The van der Waals surface area contributed by atoms with Crippen LogP contribution in [0.5, 0.6) is 5.75 Å². The van der Waals surface area contributed by atoms with Crippen LogP contribution >= 0.6 is 11.6 Å². The van der Waals surface area contributed by atoms with E-state index in [1.165, 1.54) is 12.4 Å². The van der Waals surface area contributed by atoms with Gasteiger partial charge in [-0.2, -0.15) is 0 Å². The number of hydrogen-bond donors (Lipinski definition) is 2. The van der Waals surface area contributed by atoms with Crippen LogP contribution in [0.4, 0.5) is 5.69 Å². The molecular weight excluding hydrogens is 364 g/mol. The van der Waals surface area contributed by atoms with Crippen LogP contribution in [0.25, 0.3) is 0 Å². The number of nitrogens with zero attached hydrogens (tertiary/aromatic N) is 2. The van der Waals surface area contributed by atoms with Gasteiger partial charge in [-0.15, -0.1) is 0 Å². The van der Waals surface area contributed by atoms with Crippen molar-refractivity contribution in [3.8, 4) is 5.75 Å². The molecule has 0 radical (unpaired) electrons. The highest BCUT2D eigenvalue weighted by Crippen LogP contribution is 2.55. The maximum Gasteiger partial charge on any atom is 0.254 e. The van der Waals surface area contributed by atoms with Gasteiger partial charge in [0.1, 0.15) is 11.9 Å². The fraction of sp³-hybridized carbons (Fsp3) is 0.450. The molecule has 6 nitrogen and oxygen atoms in total. The molecule has 3 rings (SSSR count). The predicted molar refractivity (Wildman–Crippen MR) is 106 cm³/mol. The van der Waals surface area contributed by atoms with Gasteiger partial charge in [0.25, 0.3) is 5.91 Å². The van der Waals surface area contributed by atoms with Gasteiger partial charge < -0.3 is 15.8 Å². The number of benzene rings is 1. The smallest absolute Gasteiger partial charge is 0.254 e. The van der Waals surface area contributed by atoms with E-state index < -0.39 is 0 Å². The number of amides is 1. The second-order valence-electron chi connectivity index (χ2n) is 8.31.